The molecule has 0 saturated heterocycles. The van der Waals surface area contributed by atoms with Crippen molar-refractivity contribution in [3.63, 3.8) is 0 Å². The predicted molar refractivity (Wildman–Crippen MR) is 109 cm³/mol. The number of nitrogens with zero attached hydrogens (tertiary/aromatic N) is 2. The number of carbonyl (C=O) groups excluding carboxylic acids is 1. The van der Waals surface area contributed by atoms with Gasteiger partial charge in [-0.05, 0) is 30.7 Å². The molecule has 0 fully saturated rings. The van der Waals surface area contributed by atoms with Crippen LogP contribution in [0, 0.1) is 6.92 Å². The zero-order valence-corrected chi connectivity index (χ0v) is 16.9. The number of carbonyl (C=O) groups is 1. The molecule has 3 aromatic rings. The van der Waals surface area contributed by atoms with E-state index >= 15 is 0 Å². The Balaban J connectivity index is 1.66. The minimum Gasteiger partial charge on any atom is -0.390 e. The fourth-order valence-corrected chi connectivity index (χ4v) is 3.58. The molecule has 0 radical (unpaired) electrons. The van der Waals surface area contributed by atoms with Crippen LogP contribution in [0.15, 0.2) is 59.9 Å². The first-order valence-electron chi connectivity index (χ1n) is 9.07. The number of aliphatic hydroxyl groups is 1. The molecule has 9 heteroatoms. The van der Waals surface area contributed by atoms with Gasteiger partial charge in [-0.15, -0.1) is 0 Å². The summed E-state index contributed by atoms with van der Waals surface area (Å²) >= 11 is 1.15. The van der Waals surface area contributed by atoms with E-state index in [1.165, 1.54) is 12.1 Å². The molecule has 1 aromatic heterocycles. The van der Waals surface area contributed by atoms with Crippen molar-refractivity contribution in [1.29, 1.82) is 0 Å². The average molecular weight is 435 g/mol. The Kier molecular flexibility index (Phi) is 6.84. The van der Waals surface area contributed by atoms with E-state index in [9.17, 15) is 23.1 Å². The Labute approximate surface area is 175 Å². The van der Waals surface area contributed by atoms with Gasteiger partial charge in [0.1, 0.15) is 0 Å². The van der Waals surface area contributed by atoms with Crippen molar-refractivity contribution in [2.45, 2.75) is 31.4 Å². The number of aromatic nitrogens is 2. The summed E-state index contributed by atoms with van der Waals surface area (Å²) in [5.41, 5.74) is 2.01. The van der Waals surface area contributed by atoms with Crippen LogP contribution in [-0.4, -0.2) is 26.3 Å². The second kappa shape index (κ2) is 9.36. The maximum absolute atomic E-state index is 12.8. The lowest BCUT2D eigenvalue weighted by atomic mass is 10.1. The number of aryl methyl sites for hydroxylation is 1. The number of aliphatic hydroxyl groups excluding tert-OH is 1. The number of amides is 1. The quantitative estimate of drug-likeness (QED) is 0.537. The second-order valence-electron chi connectivity index (χ2n) is 6.68. The normalized spacial score (nSPS) is 11.5. The van der Waals surface area contributed by atoms with Crippen LogP contribution in [0.3, 0.4) is 0 Å². The number of alkyl halides is 3. The Morgan fingerprint density at radius 1 is 1.20 bits per heavy atom. The minimum absolute atomic E-state index is 0.0357. The van der Waals surface area contributed by atoms with E-state index in [0.29, 0.717) is 17.4 Å². The third-order valence-corrected chi connectivity index (χ3v) is 5.32. The fraction of sp³-hybridized carbons (Fsp3) is 0.238. The molecule has 2 aromatic carbocycles. The van der Waals surface area contributed by atoms with Gasteiger partial charge in [0.05, 0.1) is 29.8 Å². The lowest BCUT2D eigenvalue weighted by molar-refractivity contribution is -0.137. The Hall–Kier alpha value is -2.78. The summed E-state index contributed by atoms with van der Waals surface area (Å²) in [6, 6.07) is 12.4. The Morgan fingerprint density at radius 2 is 1.93 bits per heavy atom. The van der Waals surface area contributed by atoms with Crippen LogP contribution < -0.4 is 5.32 Å². The molecule has 0 aliphatic heterocycles. The van der Waals surface area contributed by atoms with E-state index < -0.39 is 17.6 Å². The van der Waals surface area contributed by atoms with E-state index in [4.69, 9.17) is 0 Å². The molecule has 3 rings (SSSR count). The molecule has 30 heavy (non-hydrogen) atoms. The van der Waals surface area contributed by atoms with Crippen LogP contribution in [0.2, 0.25) is 0 Å². The number of hydrogen-bond acceptors (Lipinski definition) is 4. The number of nitrogens with one attached hydrogen (secondary N) is 1. The Bertz CT molecular complexity index is 1020. The van der Waals surface area contributed by atoms with Gasteiger partial charge in [0.25, 0.3) is 0 Å². The van der Waals surface area contributed by atoms with Crippen LogP contribution in [0.4, 0.5) is 18.9 Å². The summed E-state index contributed by atoms with van der Waals surface area (Å²) in [5, 5.41) is 12.6. The maximum Gasteiger partial charge on any atom is 0.416 e. The molecule has 0 atom stereocenters. The van der Waals surface area contributed by atoms with E-state index in [-0.39, 0.29) is 18.0 Å². The summed E-state index contributed by atoms with van der Waals surface area (Å²) in [7, 11) is 0. The highest BCUT2D eigenvalue weighted by Gasteiger charge is 2.30. The topological polar surface area (TPSA) is 67.1 Å². The molecule has 1 heterocycles. The van der Waals surface area contributed by atoms with E-state index in [1.807, 2.05) is 35.8 Å². The zero-order valence-electron chi connectivity index (χ0n) is 16.1. The van der Waals surface area contributed by atoms with Crippen molar-refractivity contribution in [3.05, 3.63) is 77.1 Å². The number of hydrogen-bond donors (Lipinski definition) is 2. The van der Waals surface area contributed by atoms with E-state index in [0.717, 1.165) is 35.0 Å². The first kappa shape index (κ1) is 21.9. The van der Waals surface area contributed by atoms with Gasteiger partial charge in [-0.2, -0.15) is 13.2 Å². The summed E-state index contributed by atoms with van der Waals surface area (Å²) in [6.07, 6.45) is -2.93. The molecule has 2 N–H and O–H groups in total. The molecule has 0 saturated carbocycles. The number of imidazole rings is 1. The molecule has 0 spiro atoms. The van der Waals surface area contributed by atoms with Crippen LogP contribution in [0.1, 0.15) is 22.4 Å². The van der Waals surface area contributed by atoms with Crippen molar-refractivity contribution >= 4 is 23.4 Å². The Morgan fingerprint density at radius 3 is 2.60 bits per heavy atom. The van der Waals surface area contributed by atoms with Gasteiger partial charge in [-0.1, -0.05) is 47.7 Å². The van der Waals surface area contributed by atoms with Gasteiger partial charge in [-0.3, -0.25) is 4.79 Å². The largest absolute Gasteiger partial charge is 0.416 e. The van der Waals surface area contributed by atoms with Crippen LogP contribution in [-0.2, 0) is 24.1 Å². The minimum atomic E-state index is -4.48. The summed E-state index contributed by atoms with van der Waals surface area (Å²) < 4.78 is 40.2. The number of benzene rings is 2. The summed E-state index contributed by atoms with van der Waals surface area (Å²) in [6.45, 7) is 2.27. The highest BCUT2D eigenvalue weighted by atomic mass is 32.2. The molecule has 1 amide bonds. The SMILES string of the molecule is Cc1ccc(Cn2c(CO)cnc2SCC(=O)Nc2cccc(C(F)(F)F)c2)cc1. The maximum atomic E-state index is 12.8. The van der Waals surface area contributed by atoms with Crippen molar-refractivity contribution < 1.29 is 23.1 Å². The van der Waals surface area contributed by atoms with Crippen LogP contribution in [0.5, 0.6) is 0 Å². The number of anilines is 1. The molecule has 0 bridgehead atoms. The van der Waals surface area contributed by atoms with Crippen LogP contribution >= 0.6 is 11.8 Å². The van der Waals surface area contributed by atoms with Crippen molar-refractivity contribution in [1.82, 2.24) is 9.55 Å². The fourth-order valence-electron chi connectivity index (χ4n) is 2.78. The highest BCUT2D eigenvalue weighted by molar-refractivity contribution is 7.99. The van der Waals surface area contributed by atoms with Gasteiger partial charge < -0.3 is 15.0 Å². The summed E-state index contributed by atoms with van der Waals surface area (Å²) in [4.78, 5) is 16.5. The first-order valence-corrected chi connectivity index (χ1v) is 10.1. The lowest BCUT2D eigenvalue weighted by Gasteiger charge is -2.12. The molecule has 5 nitrogen and oxygen atoms in total. The summed E-state index contributed by atoms with van der Waals surface area (Å²) in [5.74, 6) is -0.485. The van der Waals surface area contributed by atoms with Gasteiger partial charge >= 0.3 is 6.18 Å². The highest BCUT2D eigenvalue weighted by Crippen LogP contribution is 2.30. The van der Waals surface area contributed by atoms with Gasteiger partial charge in [-0.25, -0.2) is 4.98 Å². The van der Waals surface area contributed by atoms with Crippen molar-refractivity contribution in [2.75, 3.05) is 11.1 Å². The third-order valence-electron chi connectivity index (χ3n) is 4.33. The molecule has 0 aliphatic rings. The van der Waals surface area contributed by atoms with E-state index in [1.54, 1.807) is 6.20 Å². The van der Waals surface area contributed by atoms with Crippen LogP contribution in [0.25, 0.3) is 0 Å². The second-order valence-corrected chi connectivity index (χ2v) is 7.62. The van der Waals surface area contributed by atoms with Crippen molar-refractivity contribution in [2.24, 2.45) is 0 Å². The lowest BCUT2D eigenvalue weighted by Crippen LogP contribution is -2.16. The average Bonchev–Trinajstić information content (AvgIpc) is 3.09. The molecule has 0 aliphatic carbocycles. The molecular weight excluding hydrogens is 415 g/mol. The van der Waals surface area contributed by atoms with Gasteiger partial charge in [0.15, 0.2) is 5.16 Å². The standard InChI is InChI=1S/C21H20F3N3O2S/c1-14-5-7-15(8-6-14)11-27-18(12-28)10-25-20(27)30-13-19(29)26-17-4-2-3-16(9-17)21(22,23)24/h2-10,28H,11-13H2,1H3,(H,26,29). The van der Waals surface area contributed by atoms with Crippen molar-refractivity contribution in [3.8, 4) is 0 Å². The number of thioether (sulfide) groups is 1. The van der Waals surface area contributed by atoms with Gasteiger partial charge in [0.2, 0.25) is 5.91 Å². The molecule has 0 unspecified atom stereocenters. The zero-order chi connectivity index (χ0) is 21.7. The third kappa shape index (κ3) is 5.64. The number of rotatable bonds is 7. The molecular formula is C21H20F3N3O2S. The molecule has 158 valence electrons. The predicted octanol–water partition coefficient (Wildman–Crippen LogP) is 4.48. The number of halogens is 3. The van der Waals surface area contributed by atoms with Gasteiger partial charge in [0, 0.05) is 12.2 Å². The monoisotopic (exact) mass is 435 g/mol. The van der Waals surface area contributed by atoms with E-state index in [2.05, 4.69) is 10.3 Å². The smallest absolute Gasteiger partial charge is 0.390 e. The first-order chi connectivity index (χ1) is 14.3.